The highest BCUT2D eigenvalue weighted by molar-refractivity contribution is 5.89. The highest BCUT2D eigenvalue weighted by Crippen LogP contribution is 2.24. The third-order valence-electron chi connectivity index (χ3n) is 2.45. The number of carbonyl (C=O) groups excluding carboxylic acids is 2. The Morgan fingerprint density at radius 1 is 1.39 bits per heavy atom. The zero-order chi connectivity index (χ0) is 14.1. The summed E-state index contributed by atoms with van der Waals surface area (Å²) in [5.41, 5.74) is -0.461. The Bertz CT molecular complexity index is 347. The Morgan fingerprint density at radius 2 is 1.94 bits per heavy atom. The fraction of sp³-hybridized carbons (Fsp3) is 0.818. The van der Waals surface area contributed by atoms with E-state index in [0.29, 0.717) is 4.90 Å². The Balaban J connectivity index is 2.59. The fourth-order valence-electron chi connectivity index (χ4n) is 1.79. The maximum atomic E-state index is 12.2. The van der Waals surface area contributed by atoms with E-state index in [-0.39, 0.29) is 18.9 Å². The summed E-state index contributed by atoms with van der Waals surface area (Å²) in [5, 5.41) is 2.67. The number of rotatable bonds is 2. The summed E-state index contributed by atoms with van der Waals surface area (Å²) in [4.78, 5) is 23.8. The van der Waals surface area contributed by atoms with Crippen molar-refractivity contribution in [2.75, 3.05) is 13.1 Å². The van der Waals surface area contributed by atoms with Crippen LogP contribution in [0.4, 0.5) is 13.2 Å². The van der Waals surface area contributed by atoms with Crippen LogP contribution in [0.5, 0.6) is 0 Å². The second-order valence-electron chi connectivity index (χ2n) is 5.53. The molecule has 0 aliphatic carbocycles. The molecule has 104 valence electrons. The van der Waals surface area contributed by atoms with E-state index in [1.165, 1.54) is 0 Å². The average Bonchev–Trinajstić information content (AvgIpc) is 2.42. The molecule has 1 atom stereocenters. The number of carbonyl (C=O) groups is 2. The van der Waals surface area contributed by atoms with Gasteiger partial charge < -0.3 is 10.2 Å². The normalized spacial score (nSPS) is 21.3. The predicted molar refractivity (Wildman–Crippen MR) is 58.6 cm³/mol. The molecule has 0 spiro atoms. The second-order valence-corrected chi connectivity index (χ2v) is 5.53. The van der Waals surface area contributed by atoms with Gasteiger partial charge >= 0.3 is 6.18 Å². The lowest BCUT2D eigenvalue weighted by Crippen LogP contribution is -2.44. The van der Waals surface area contributed by atoms with Crippen molar-refractivity contribution >= 4 is 11.8 Å². The van der Waals surface area contributed by atoms with Crippen molar-refractivity contribution in [3.63, 3.8) is 0 Å². The van der Waals surface area contributed by atoms with Crippen molar-refractivity contribution in [1.82, 2.24) is 10.2 Å². The molecule has 0 aromatic heterocycles. The summed E-state index contributed by atoms with van der Waals surface area (Å²) >= 11 is 0. The third kappa shape index (κ3) is 4.54. The average molecular weight is 266 g/mol. The maximum absolute atomic E-state index is 12.2. The zero-order valence-electron chi connectivity index (χ0n) is 10.6. The molecule has 0 bridgehead atoms. The molecular formula is C11H17F3N2O2. The molecule has 1 N–H and O–H groups in total. The van der Waals surface area contributed by atoms with E-state index >= 15 is 0 Å². The summed E-state index contributed by atoms with van der Waals surface area (Å²) in [7, 11) is 0. The molecule has 1 aliphatic rings. The molecule has 1 heterocycles. The minimum Gasteiger partial charge on any atom is -0.351 e. The Hall–Kier alpha value is -1.27. The number of likely N-dealkylation sites (tertiary alicyclic amines) is 1. The molecule has 0 saturated carbocycles. The number of halogens is 3. The molecule has 18 heavy (non-hydrogen) atoms. The summed E-state index contributed by atoms with van der Waals surface area (Å²) in [6.07, 6.45) is -4.58. The highest BCUT2D eigenvalue weighted by Gasteiger charge is 2.40. The lowest BCUT2D eigenvalue weighted by atomic mass is 10.0. The molecule has 1 fully saturated rings. The van der Waals surface area contributed by atoms with E-state index in [2.05, 4.69) is 5.32 Å². The van der Waals surface area contributed by atoms with Crippen LogP contribution in [0.25, 0.3) is 0 Å². The monoisotopic (exact) mass is 266 g/mol. The maximum Gasteiger partial charge on any atom is 0.406 e. The van der Waals surface area contributed by atoms with Crippen LogP contribution in [0, 0.1) is 5.92 Å². The van der Waals surface area contributed by atoms with E-state index in [9.17, 15) is 22.8 Å². The Morgan fingerprint density at radius 3 is 2.39 bits per heavy atom. The number of nitrogens with one attached hydrogen (secondary N) is 1. The van der Waals surface area contributed by atoms with Crippen molar-refractivity contribution in [3.8, 4) is 0 Å². The van der Waals surface area contributed by atoms with Crippen LogP contribution < -0.4 is 5.32 Å². The van der Waals surface area contributed by atoms with Crippen LogP contribution >= 0.6 is 0 Å². The topological polar surface area (TPSA) is 49.4 Å². The van der Waals surface area contributed by atoms with Gasteiger partial charge in [0.25, 0.3) is 0 Å². The van der Waals surface area contributed by atoms with Crippen molar-refractivity contribution in [3.05, 3.63) is 0 Å². The quantitative estimate of drug-likeness (QED) is 0.819. The minimum absolute atomic E-state index is 0.155. The lowest BCUT2D eigenvalue weighted by molar-refractivity contribution is -0.157. The van der Waals surface area contributed by atoms with Gasteiger partial charge in [-0.1, -0.05) is 0 Å². The molecule has 0 unspecified atom stereocenters. The van der Waals surface area contributed by atoms with Crippen molar-refractivity contribution in [2.45, 2.75) is 38.9 Å². The second kappa shape index (κ2) is 4.78. The van der Waals surface area contributed by atoms with E-state index in [1.54, 1.807) is 20.8 Å². The smallest absolute Gasteiger partial charge is 0.351 e. The first-order valence-electron chi connectivity index (χ1n) is 5.64. The standard InChI is InChI=1S/C11H17F3N2O2/c1-10(2,3)15-9(18)7-4-8(17)16(5-7)6-11(12,13)14/h7H,4-6H2,1-3H3,(H,15,18)/t7-/m1/s1. The SMILES string of the molecule is CC(C)(C)NC(=O)[C@@H]1CC(=O)N(CC(F)(F)F)C1. The van der Waals surface area contributed by atoms with Crippen molar-refractivity contribution < 1.29 is 22.8 Å². The van der Waals surface area contributed by atoms with Crippen LogP contribution in [0.2, 0.25) is 0 Å². The molecular weight excluding hydrogens is 249 g/mol. The van der Waals surface area contributed by atoms with Crippen LogP contribution in [0.1, 0.15) is 27.2 Å². The summed E-state index contributed by atoms with van der Waals surface area (Å²) in [5.74, 6) is -1.69. The number of hydrogen-bond donors (Lipinski definition) is 1. The Labute approximate surface area is 104 Å². The number of alkyl halides is 3. The molecule has 1 aliphatic heterocycles. The van der Waals surface area contributed by atoms with Gasteiger partial charge in [0.1, 0.15) is 6.54 Å². The van der Waals surface area contributed by atoms with E-state index in [1.807, 2.05) is 0 Å². The molecule has 0 aromatic rings. The number of hydrogen-bond acceptors (Lipinski definition) is 2. The highest BCUT2D eigenvalue weighted by atomic mass is 19.4. The zero-order valence-corrected chi connectivity index (χ0v) is 10.6. The first-order valence-corrected chi connectivity index (χ1v) is 5.64. The molecule has 0 aromatic carbocycles. The first-order chi connectivity index (χ1) is 7.98. The number of amides is 2. The van der Waals surface area contributed by atoms with Gasteiger partial charge in [-0.2, -0.15) is 13.2 Å². The van der Waals surface area contributed by atoms with Gasteiger partial charge in [-0.3, -0.25) is 9.59 Å². The number of nitrogens with zero attached hydrogens (tertiary/aromatic N) is 1. The largest absolute Gasteiger partial charge is 0.406 e. The fourth-order valence-corrected chi connectivity index (χ4v) is 1.79. The minimum atomic E-state index is -4.43. The van der Waals surface area contributed by atoms with Crippen LogP contribution in [-0.2, 0) is 9.59 Å². The van der Waals surface area contributed by atoms with Crippen LogP contribution in [0.15, 0.2) is 0 Å². The van der Waals surface area contributed by atoms with Crippen molar-refractivity contribution in [2.24, 2.45) is 5.92 Å². The van der Waals surface area contributed by atoms with Gasteiger partial charge in [0.2, 0.25) is 11.8 Å². The summed E-state index contributed by atoms with van der Waals surface area (Å²) < 4.78 is 36.6. The van der Waals surface area contributed by atoms with E-state index < -0.39 is 30.1 Å². The van der Waals surface area contributed by atoms with E-state index in [4.69, 9.17) is 0 Å². The molecule has 0 radical (unpaired) electrons. The van der Waals surface area contributed by atoms with Crippen LogP contribution in [0.3, 0.4) is 0 Å². The Kier molecular flexibility index (Phi) is 3.92. The van der Waals surface area contributed by atoms with Crippen LogP contribution in [-0.4, -0.2) is 41.5 Å². The summed E-state index contributed by atoms with van der Waals surface area (Å²) in [6, 6.07) is 0. The van der Waals surface area contributed by atoms with E-state index in [0.717, 1.165) is 0 Å². The van der Waals surface area contributed by atoms with Gasteiger partial charge in [0.05, 0.1) is 5.92 Å². The van der Waals surface area contributed by atoms with Gasteiger partial charge in [-0.05, 0) is 20.8 Å². The lowest BCUT2D eigenvalue weighted by Gasteiger charge is -2.23. The predicted octanol–water partition coefficient (Wildman–Crippen LogP) is 1.31. The van der Waals surface area contributed by atoms with Crippen molar-refractivity contribution in [1.29, 1.82) is 0 Å². The van der Waals surface area contributed by atoms with Gasteiger partial charge in [0, 0.05) is 18.5 Å². The molecule has 1 saturated heterocycles. The van der Waals surface area contributed by atoms with Gasteiger partial charge in [0.15, 0.2) is 0 Å². The first kappa shape index (κ1) is 14.8. The van der Waals surface area contributed by atoms with Gasteiger partial charge in [-0.25, -0.2) is 0 Å². The molecule has 1 rings (SSSR count). The summed E-state index contributed by atoms with van der Waals surface area (Å²) in [6.45, 7) is 3.87. The van der Waals surface area contributed by atoms with Gasteiger partial charge in [-0.15, -0.1) is 0 Å². The third-order valence-corrected chi connectivity index (χ3v) is 2.45. The molecule has 7 heteroatoms. The molecule has 4 nitrogen and oxygen atoms in total. The molecule has 2 amide bonds.